The zero-order chi connectivity index (χ0) is 31.9. The second-order valence-electron chi connectivity index (χ2n) is 12.9. The highest BCUT2D eigenvalue weighted by Crippen LogP contribution is 2.39. The number of pyridine rings is 1. The van der Waals surface area contributed by atoms with Gasteiger partial charge in [-0.2, -0.15) is 0 Å². The molecule has 45 heavy (non-hydrogen) atoms. The lowest BCUT2D eigenvalue weighted by atomic mass is 9.78. The van der Waals surface area contributed by atoms with Crippen molar-refractivity contribution in [3.63, 3.8) is 0 Å². The van der Waals surface area contributed by atoms with Crippen molar-refractivity contribution >= 4 is 23.5 Å². The summed E-state index contributed by atoms with van der Waals surface area (Å²) in [5.41, 5.74) is 5.57. The molecule has 1 heterocycles. The second-order valence-corrected chi connectivity index (χ2v) is 12.9. The van der Waals surface area contributed by atoms with Crippen LogP contribution in [0.15, 0.2) is 60.8 Å². The van der Waals surface area contributed by atoms with E-state index in [9.17, 15) is 9.59 Å². The molecule has 0 aliphatic heterocycles. The predicted molar refractivity (Wildman–Crippen MR) is 180 cm³/mol. The number of nitrogens with one attached hydrogen (secondary N) is 1. The lowest BCUT2D eigenvalue weighted by molar-refractivity contribution is -0.124. The number of ether oxygens (including phenoxy) is 2. The summed E-state index contributed by atoms with van der Waals surface area (Å²) in [6.07, 6.45) is 8.60. The van der Waals surface area contributed by atoms with Crippen molar-refractivity contribution in [2.24, 2.45) is 11.8 Å². The Morgan fingerprint density at radius 1 is 0.911 bits per heavy atom. The quantitative estimate of drug-likeness (QED) is 0.272. The molecule has 0 unspecified atom stereocenters. The van der Waals surface area contributed by atoms with Crippen LogP contribution < -0.4 is 19.9 Å². The molecule has 1 N–H and O–H groups in total. The van der Waals surface area contributed by atoms with E-state index in [2.05, 4.69) is 64.6 Å². The van der Waals surface area contributed by atoms with Gasteiger partial charge in [-0.3, -0.25) is 4.79 Å². The van der Waals surface area contributed by atoms with Crippen molar-refractivity contribution in [2.75, 3.05) is 44.6 Å². The van der Waals surface area contributed by atoms with Crippen LogP contribution in [0.4, 0.5) is 16.3 Å². The molecule has 0 saturated heterocycles. The molecule has 240 valence electrons. The third kappa shape index (κ3) is 7.96. The second kappa shape index (κ2) is 14.8. The standard InChI is InChI=1S/C37H48N4O4/c1-25-21-30(15-19-34(25)44-5)27-11-9-26(10-12-27)24-41(36(42)28-13-17-33(18-14-28)45-37(43)38-2)32-8-6-7-29(22-32)31-16-20-35(39-23-31)40(3)4/h6-8,15-16,19-23,26-28,33H,9-14,17-18,24H2,1-5H3,(H,38,43)/t26-,27-,28-,33-. The van der Waals surface area contributed by atoms with Gasteiger partial charge in [0.1, 0.15) is 17.7 Å². The summed E-state index contributed by atoms with van der Waals surface area (Å²) >= 11 is 0. The van der Waals surface area contributed by atoms with Gasteiger partial charge >= 0.3 is 6.09 Å². The number of alkyl carbamates (subject to hydrolysis) is 1. The van der Waals surface area contributed by atoms with Crippen LogP contribution in [0.5, 0.6) is 5.75 Å². The van der Waals surface area contributed by atoms with Gasteiger partial charge in [0.05, 0.1) is 7.11 Å². The highest BCUT2D eigenvalue weighted by atomic mass is 16.6. The molecule has 5 rings (SSSR count). The first-order valence-electron chi connectivity index (χ1n) is 16.3. The average molecular weight is 613 g/mol. The summed E-state index contributed by atoms with van der Waals surface area (Å²) in [5, 5.41) is 2.53. The van der Waals surface area contributed by atoms with E-state index in [0.717, 1.165) is 66.9 Å². The van der Waals surface area contributed by atoms with Crippen LogP contribution in [0.25, 0.3) is 11.1 Å². The molecule has 2 fully saturated rings. The van der Waals surface area contributed by atoms with E-state index in [1.165, 1.54) is 11.1 Å². The summed E-state index contributed by atoms with van der Waals surface area (Å²) in [6, 6.07) is 19.0. The first-order chi connectivity index (χ1) is 21.7. The Kier molecular flexibility index (Phi) is 10.6. The molecule has 0 radical (unpaired) electrons. The SMILES string of the molecule is CNC(=O)O[C@H]1CC[C@H](C(=O)N(C[C@H]2CC[C@H](c3ccc(OC)c(C)c3)CC2)c2cccc(-c3ccc(N(C)C)nc3)c2)CC1. The number of aryl methyl sites for hydroxylation is 1. The van der Waals surface area contributed by atoms with Gasteiger partial charge in [0.15, 0.2) is 0 Å². The number of carbonyl (C=O) groups is 2. The first kappa shape index (κ1) is 32.3. The molecule has 0 bridgehead atoms. The molecule has 8 heteroatoms. The number of nitrogens with zero attached hydrogens (tertiary/aromatic N) is 3. The largest absolute Gasteiger partial charge is 0.496 e. The number of hydrogen-bond acceptors (Lipinski definition) is 6. The number of anilines is 2. The van der Waals surface area contributed by atoms with Gasteiger partial charge in [0.2, 0.25) is 5.91 Å². The number of aromatic nitrogens is 1. The number of amides is 2. The molecule has 2 aromatic carbocycles. The highest BCUT2D eigenvalue weighted by molar-refractivity contribution is 5.95. The van der Waals surface area contributed by atoms with Crippen molar-refractivity contribution in [3.8, 4) is 16.9 Å². The van der Waals surface area contributed by atoms with E-state index >= 15 is 0 Å². The minimum atomic E-state index is -0.406. The van der Waals surface area contributed by atoms with Crippen molar-refractivity contribution in [2.45, 2.75) is 70.3 Å². The van der Waals surface area contributed by atoms with Crippen LogP contribution in [0.3, 0.4) is 0 Å². The summed E-state index contributed by atoms with van der Waals surface area (Å²) in [4.78, 5) is 34.7. The molecular weight excluding hydrogens is 564 g/mol. The lowest BCUT2D eigenvalue weighted by Crippen LogP contribution is -2.42. The van der Waals surface area contributed by atoms with Crippen LogP contribution in [0, 0.1) is 18.8 Å². The highest BCUT2D eigenvalue weighted by Gasteiger charge is 2.33. The summed E-state index contributed by atoms with van der Waals surface area (Å²) in [5.74, 6) is 2.90. The minimum Gasteiger partial charge on any atom is -0.496 e. The Morgan fingerprint density at radius 3 is 2.29 bits per heavy atom. The maximum atomic E-state index is 14.3. The smallest absolute Gasteiger partial charge is 0.407 e. The van der Waals surface area contributed by atoms with Crippen LogP contribution in [-0.2, 0) is 9.53 Å². The zero-order valence-electron chi connectivity index (χ0n) is 27.4. The predicted octanol–water partition coefficient (Wildman–Crippen LogP) is 7.35. The third-order valence-electron chi connectivity index (χ3n) is 9.64. The van der Waals surface area contributed by atoms with E-state index in [1.54, 1.807) is 14.2 Å². The van der Waals surface area contributed by atoms with E-state index < -0.39 is 6.09 Å². The van der Waals surface area contributed by atoms with Crippen molar-refractivity contribution < 1.29 is 19.1 Å². The fraction of sp³-hybridized carbons (Fsp3) is 0.486. The van der Waals surface area contributed by atoms with Gasteiger partial charge in [-0.25, -0.2) is 9.78 Å². The first-order valence-corrected chi connectivity index (χ1v) is 16.3. The van der Waals surface area contributed by atoms with Gasteiger partial charge in [-0.15, -0.1) is 0 Å². The summed E-state index contributed by atoms with van der Waals surface area (Å²) < 4.78 is 11.0. The Hall–Kier alpha value is -4.07. The molecule has 0 spiro atoms. The fourth-order valence-corrected chi connectivity index (χ4v) is 6.95. The minimum absolute atomic E-state index is 0.0853. The Morgan fingerprint density at radius 2 is 1.67 bits per heavy atom. The summed E-state index contributed by atoms with van der Waals surface area (Å²) in [6.45, 7) is 2.82. The van der Waals surface area contributed by atoms with Gasteiger partial charge in [-0.1, -0.05) is 24.3 Å². The molecule has 1 aromatic heterocycles. The van der Waals surface area contributed by atoms with Gasteiger partial charge in [-0.05, 0) is 117 Å². The fourth-order valence-electron chi connectivity index (χ4n) is 6.95. The molecule has 2 aliphatic carbocycles. The number of methoxy groups -OCH3 is 1. The number of rotatable bonds is 9. The van der Waals surface area contributed by atoms with Crippen molar-refractivity contribution in [1.82, 2.24) is 10.3 Å². The topological polar surface area (TPSA) is 84.0 Å². The molecule has 2 amide bonds. The van der Waals surface area contributed by atoms with Gasteiger partial charge in [0, 0.05) is 51.1 Å². The molecule has 8 nitrogen and oxygen atoms in total. The Balaban J connectivity index is 1.32. The van der Waals surface area contributed by atoms with E-state index in [1.807, 2.05) is 37.3 Å². The van der Waals surface area contributed by atoms with Crippen molar-refractivity contribution in [1.29, 1.82) is 0 Å². The van der Waals surface area contributed by atoms with E-state index in [-0.39, 0.29) is 17.9 Å². The molecule has 3 aromatic rings. The van der Waals surface area contributed by atoms with E-state index in [4.69, 9.17) is 9.47 Å². The number of hydrogen-bond donors (Lipinski definition) is 1. The molecule has 2 aliphatic rings. The third-order valence-corrected chi connectivity index (χ3v) is 9.64. The maximum Gasteiger partial charge on any atom is 0.407 e. The molecule has 2 saturated carbocycles. The van der Waals surface area contributed by atoms with E-state index in [0.29, 0.717) is 31.2 Å². The zero-order valence-corrected chi connectivity index (χ0v) is 27.4. The van der Waals surface area contributed by atoms with Crippen LogP contribution >= 0.6 is 0 Å². The Labute approximate surface area is 268 Å². The normalized spacial score (nSPS) is 21.4. The van der Waals surface area contributed by atoms with Gasteiger partial charge in [0.25, 0.3) is 0 Å². The van der Waals surface area contributed by atoms with Crippen LogP contribution in [0.1, 0.15) is 68.4 Å². The average Bonchev–Trinajstić information content (AvgIpc) is 3.07. The summed E-state index contributed by atoms with van der Waals surface area (Å²) in [7, 11) is 7.26. The van der Waals surface area contributed by atoms with Crippen molar-refractivity contribution in [3.05, 3.63) is 71.9 Å². The maximum absolute atomic E-state index is 14.3. The molecular formula is C37H48N4O4. The number of carbonyl (C=O) groups excluding carboxylic acids is 2. The monoisotopic (exact) mass is 612 g/mol. The molecule has 0 atom stereocenters. The Bertz CT molecular complexity index is 1440. The van der Waals surface area contributed by atoms with Crippen LogP contribution in [-0.4, -0.2) is 57.9 Å². The van der Waals surface area contributed by atoms with Gasteiger partial charge < -0.3 is 24.6 Å². The number of benzene rings is 2. The van der Waals surface area contributed by atoms with Crippen LogP contribution in [0.2, 0.25) is 0 Å². The lowest BCUT2D eigenvalue weighted by Gasteiger charge is -2.36.